The van der Waals surface area contributed by atoms with Crippen molar-refractivity contribution < 1.29 is 24.7 Å². The van der Waals surface area contributed by atoms with E-state index in [9.17, 15) is 24.7 Å². The average Bonchev–Trinajstić information content (AvgIpc) is 3.30. The lowest BCUT2D eigenvalue weighted by atomic mass is 10.0. The van der Waals surface area contributed by atoms with Gasteiger partial charge >= 0.3 is 6.03 Å². The van der Waals surface area contributed by atoms with E-state index in [1.54, 1.807) is 17.0 Å². The Hall–Kier alpha value is -3.43. The first-order valence-corrected chi connectivity index (χ1v) is 12.5. The van der Waals surface area contributed by atoms with Crippen molar-refractivity contribution in [3.8, 4) is 11.1 Å². The Morgan fingerprint density at radius 3 is 2.28 bits per heavy atom. The fourth-order valence-corrected chi connectivity index (χ4v) is 4.08. The summed E-state index contributed by atoms with van der Waals surface area (Å²) in [7, 11) is 0. The van der Waals surface area contributed by atoms with Gasteiger partial charge in [-0.15, -0.1) is 0 Å². The zero-order valence-corrected chi connectivity index (χ0v) is 20.9. The van der Waals surface area contributed by atoms with Crippen molar-refractivity contribution >= 4 is 17.8 Å². The number of amides is 4. The van der Waals surface area contributed by atoms with Gasteiger partial charge in [0.1, 0.15) is 0 Å². The van der Waals surface area contributed by atoms with Gasteiger partial charge in [0.25, 0.3) is 5.91 Å². The molecule has 0 bridgehead atoms. The van der Waals surface area contributed by atoms with E-state index in [0.29, 0.717) is 36.6 Å². The lowest BCUT2D eigenvalue weighted by Crippen LogP contribution is -2.52. The van der Waals surface area contributed by atoms with E-state index in [1.165, 1.54) is 12.5 Å². The summed E-state index contributed by atoms with van der Waals surface area (Å²) < 4.78 is 0. The molecule has 1 heterocycles. The van der Waals surface area contributed by atoms with E-state index in [-0.39, 0.29) is 12.5 Å². The summed E-state index contributed by atoms with van der Waals surface area (Å²) in [5.74, 6) is -0.293. The number of benzene rings is 2. The summed E-state index contributed by atoms with van der Waals surface area (Å²) in [5.41, 5.74) is 3.69. The van der Waals surface area contributed by atoms with Gasteiger partial charge in [-0.05, 0) is 55.0 Å². The first-order valence-electron chi connectivity index (χ1n) is 12.5. The Kier molecular flexibility index (Phi) is 9.84. The third-order valence-corrected chi connectivity index (χ3v) is 6.40. The fourth-order valence-electron chi connectivity index (χ4n) is 4.08. The van der Waals surface area contributed by atoms with Crippen LogP contribution < -0.4 is 10.6 Å². The molecule has 4 amide bonds. The largest absolute Gasteiger partial charge is 0.391 e. The molecule has 2 aromatic carbocycles. The molecule has 0 unspecified atom stereocenters. The number of likely N-dealkylation sites (tertiary alicyclic amines) is 1. The molecule has 1 aliphatic heterocycles. The van der Waals surface area contributed by atoms with Crippen LogP contribution in [-0.2, 0) is 11.2 Å². The minimum Gasteiger partial charge on any atom is -0.391 e. The van der Waals surface area contributed by atoms with Crippen molar-refractivity contribution in [3.63, 3.8) is 0 Å². The number of aryl methyl sites for hydroxylation is 1. The number of urea groups is 1. The lowest BCUT2D eigenvalue weighted by Gasteiger charge is -2.26. The Labute approximate surface area is 212 Å². The van der Waals surface area contributed by atoms with Crippen molar-refractivity contribution in [3.05, 3.63) is 59.7 Å². The van der Waals surface area contributed by atoms with Gasteiger partial charge in [-0.2, -0.15) is 0 Å². The van der Waals surface area contributed by atoms with Gasteiger partial charge in [-0.3, -0.25) is 14.8 Å². The summed E-state index contributed by atoms with van der Waals surface area (Å²) in [5, 5.41) is 26.0. The molecule has 0 saturated carbocycles. The van der Waals surface area contributed by atoms with Crippen LogP contribution in [0.2, 0.25) is 0 Å². The number of aliphatic hydroxyl groups excluding tert-OH is 1. The number of rotatable bonds is 11. The highest BCUT2D eigenvalue weighted by Gasteiger charge is 2.24. The van der Waals surface area contributed by atoms with Crippen LogP contribution in [0.4, 0.5) is 4.79 Å². The molecule has 194 valence electrons. The Morgan fingerprint density at radius 2 is 1.72 bits per heavy atom. The third kappa shape index (κ3) is 7.53. The first-order chi connectivity index (χ1) is 17.3. The number of nitrogens with one attached hydrogen (secondary N) is 2. The number of aliphatic hydroxyl groups is 1. The van der Waals surface area contributed by atoms with Crippen LogP contribution in [0, 0.1) is 0 Å². The standard InChI is InChI=1S/C27H36N4O5/c1-3-20-7-9-21(10-8-20)22-11-13-23(14-12-22)26(34)29-24(19(2)32)18-31(36)27(35)28-15-5-17-30-16-4-6-25(30)33/h7-14,19,24,32,36H,3-6,15-18H2,1-2H3,(H,28,35)(H,29,34)/t19-,24-/m1/s1. The van der Waals surface area contributed by atoms with E-state index in [1.807, 2.05) is 24.3 Å². The molecule has 4 N–H and O–H groups in total. The van der Waals surface area contributed by atoms with Crippen molar-refractivity contribution in [2.24, 2.45) is 0 Å². The number of hydroxylamine groups is 2. The normalized spacial score (nSPS) is 14.9. The monoisotopic (exact) mass is 496 g/mol. The highest BCUT2D eigenvalue weighted by molar-refractivity contribution is 5.95. The van der Waals surface area contributed by atoms with Gasteiger partial charge in [0.15, 0.2) is 0 Å². The fraction of sp³-hybridized carbons (Fsp3) is 0.444. The Balaban J connectivity index is 1.48. The number of carbonyl (C=O) groups excluding carboxylic acids is 3. The van der Waals surface area contributed by atoms with E-state index < -0.39 is 24.1 Å². The highest BCUT2D eigenvalue weighted by atomic mass is 16.5. The Bertz CT molecular complexity index is 1020. The molecule has 0 radical (unpaired) electrons. The van der Waals surface area contributed by atoms with Crippen LogP contribution in [0.25, 0.3) is 11.1 Å². The summed E-state index contributed by atoms with van der Waals surface area (Å²) >= 11 is 0. The van der Waals surface area contributed by atoms with Crippen LogP contribution in [0.5, 0.6) is 0 Å². The predicted molar refractivity (Wildman–Crippen MR) is 137 cm³/mol. The van der Waals surface area contributed by atoms with Crippen LogP contribution in [0.1, 0.15) is 49.0 Å². The van der Waals surface area contributed by atoms with E-state index >= 15 is 0 Å². The first kappa shape index (κ1) is 27.2. The van der Waals surface area contributed by atoms with Crippen molar-refractivity contribution in [1.29, 1.82) is 0 Å². The van der Waals surface area contributed by atoms with Gasteiger partial charge < -0.3 is 20.6 Å². The topological polar surface area (TPSA) is 122 Å². The molecule has 0 spiro atoms. The molecule has 1 saturated heterocycles. The summed E-state index contributed by atoms with van der Waals surface area (Å²) in [6.07, 6.45) is 1.96. The van der Waals surface area contributed by atoms with Gasteiger partial charge in [-0.25, -0.2) is 9.86 Å². The number of hydrogen-bond acceptors (Lipinski definition) is 5. The van der Waals surface area contributed by atoms with E-state index in [0.717, 1.165) is 30.5 Å². The highest BCUT2D eigenvalue weighted by Crippen LogP contribution is 2.21. The maximum atomic E-state index is 12.8. The zero-order valence-electron chi connectivity index (χ0n) is 20.9. The van der Waals surface area contributed by atoms with Gasteiger partial charge in [0, 0.05) is 31.6 Å². The van der Waals surface area contributed by atoms with Crippen LogP contribution in [-0.4, -0.2) is 76.4 Å². The second kappa shape index (κ2) is 13.0. The molecule has 1 aliphatic rings. The summed E-state index contributed by atoms with van der Waals surface area (Å²) in [4.78, 5) is 38.4. The smallest absolute Gasteiger partial charge is 0.341 e. The molecule has 1 fully saturated rings. The van der Waals surface area contributed by atoms with Crippen molar-refractivity contribution in [1.82, 2.24) is 20.6 Å². The minimum atomic E-state index is -1.01. The average molecular weight is 497 g/mol. The molecule has 0 aliphatic carbocycles. The lowest BCUT2D eigenvalue weighted by molar-refractivity contribution is -0.127. The molecule has 9 heteroatoms. The maximum absolute atomic E-state index is 12.8. The number of nitrogens with zero attached hydrogens (tertiary/aromatic N) is 2. The van der Waals surface area contributed by atoms with Crippen molar-refractivity contribution in [2.75, 3.05) is 26.2 Å². The Morgan fingerprint density at radius 1 is 1.08 bits per heavy atom. The molecular formula is C27H36N4O5. The quantitative estimate of drug-likeness (QED) is 0.217. The van der Waals surface area contributed by atoms with E-state index in [4.69, 9.17) is 0 Å². The molecule has 3 rings (SSSR count). The second-order valence-corrected chi connectivity index (χ2v) is 9.10. The molecule has 2 aromatic rings. The summed E-state index contributed by atoms with van der Waals surface area (Å²) in [6, 6.07) is 13.7. The second-order valence-electron chi connectivity index (χ2n) is 9.10. The van der Waals surface area contributed by atoms with Crippen LogP contribution in [0.3, 0.4) is 0 Å². The number of carbonyl (C=O) groups is 3. The number of hydrogen-bond donors (Lipinski definition) is 4. The van der Waals surface area contributed by atoms with Gasteiger partial charge in [0.05, 0.1) is 18.7 Å². The van der Waals surface area contributed by atoms with E-state index in [2.05, 4.69) is 29.7 Å². The van der Waals surface area contributed by atoms with Crippen LogP contribution >= 0.6 is 0 Å². The van der Waals surface area contributed by atoms with Gasteiger partial charge in [0.2, 0.25) is 5.91 Å². The van der Waals surface area contributed by atoms with Gasteiger partial charge in [-0.1, -0.05) is 43.3 Å². The molecule has 9 nitrogen and oxygen atoms in total. The zero-order chi connectivity index (χ0) is 26.1. The molecule has 2 atom stereocenters. The third-order valence-electron chi connectivity index (χ3n) is 6.40. The van der Waals surface area contributed by atoms with Crippen LogP contribution in [0.15, 0.2) is 48.5 Å². The predicted octanol–water partition coefficient (Wildman–Crippen LogP) is 2.81. The SMILES string of the molecule is CCc1ccc(-c2ccc(C(=O)N[C@H](CN(O)C(=O)NCCCN3CCCC3=O)[C@@H](C)O)cc2)cc1. The molecule has 0 aromatic heterocycles. The molecule has 36 heavy (non-hydrogen) atoms. The molecular weight excluding hydrogens is 460 g/mol. The minimum absolute atomic E-state index is 0.126. The maximum Gasteiger partial charge on any atom is 0.341 e. The summed E-state index contributed by atoms with van der Waals surface area (Å²) in [6.45, 7) is 4.88. The van der Waals surface area contributed by atoms with Crippen molar-refractivity contribution in [2.45, 2.75) is 51.7 Å².